The molecule has 35 heavy (non-hydrogen) atoms. The number of aromatic nitrogens is 3. The Labute approximate surface area is 200 Å². The molecule has 0 atom stereocenters. The number of piperazine rings is 1. The number of rotatable bonds is 6. The van der Waals surface area contributed by atoms with E-state index < -0.39 is 6.36 Å². The smallest absolute Gasteiger partial charge is 0.404 e. The number of hydrogen-bond acceptors (Lipinski definition) is 8. The van der Waals surface area contributed by atoms with Crippen molar-refractivity contribution in [2.45, 2.75) is 20.2 Å². The van der Waals surface area contributed by atoms with Crippen LogP contribution in [0.3, 0.4) is 0 Å². The van der Waals surface area contributed by atoms with Crippen LogP contribution < -0.4 is 25.2 Å². The molecule has 0 aliphatic carbocycles. The van der Waals surface area contributed by atoms with Crippen LogP contribution in [0.2, 0.25) is 0 Å². The predicted molar refractivity (Wildman–Crippen MR) is 126 cm³/mol. The van der Waals surface area contributed by atoms with Crippen LogP contribution in [0.25, 0.3) is 0 Å². The third-order valence-electron chi connectivity index (χ3n) is 5.44. The Bertz CT molecular complexity index is 1200. The largest absolute Gasteiger partial charge is 0.573 e. The summed E-state index contributed by atoms with van der Waals surface area (Å²) in [6.45, 7) is 5.24. The number of nitrogens with zero attached hydrogens (tertiary/aromatic N) is 5. The van der Waals surface area contributed by atoms with Gasteiger partial charge in [-0.05, 0) is 36.8 Å². The topological polar surface area (TPSA) is 95.5 Å². The summed E-state index contributed by atoms with van der Waals surface area (Å²) in [4.78, 5) is 28.2. The van der Waals surface area contributed by atoms with Crippen LogP contribution in [0.4, 0.5) is 42.1 Å². The second-order valence-electron chi connectivity index (χ2n) is 7.88. The van der Waals surface area contributed by atoms with Crippen molar-refractivity contribution in [3.8, 4) is 5.75 Å². The number of carbonyl (C=O) groups excluding carboxylic acids is 1. The molecule has 2 heterocycles. The highest BCUT2D eigenvalue weighted by Gasteiger charge is 2.33. The second-order valence-corrected chi connectivity index (χ2v) is 7.88. The van der Waals surface area contributed by atoms with Gasteiger partial charge in [-0.2, -0.15) is 4.98 Å². The number of ether oxygens (including phenoxy) is 1. The molecule has 184 valence electrons. The van der Waals surface area contributed by atoms with E-state index in [1.807, 2.05) is 28.9 Å². The van der Waals surface area contributed by atoms with Gasteiger partial charge in [-0.15, -0.1) is 13.2 Å². The highest BCUT2D eigenvalue weighted by Crippen LogP contribution is 2.33. The Hall–Kier alpha value is -4.09. The Kier molecular flexibility index (Phi) is 6.90. The number of nitrogens with one attached hydrogen (secondary N) is 2. The number of alkyl halides is 3. The Morgan fingerprint density at radius 3 is 2.37 bits per heavy atom. The molecule has 9 nitrogen and oxygen atoms in total. The Balaban J connectivity index is 1.44. The van der Waals surface area contributed by atoms with Crippen molar-refractivity contribution >= 4 is 34.9 Å². The van der Waals surface area contributed by atoms with Crippen molar-refractivity contribution in [1.29, 1.82) is 0 Å². The van der Waals surface area contributed by atoms with Crippen molar-refractivity contribution in [1.82, 2.24) is 15.0 Å². The highest BCUT2D eigenvalue weighted by molar-refractivity contribution is 5.90. The zero-order chi connectivity index (χ0) is 25.0. The highest BCUT2D eigenvalue weighted by atomic mass is 19.4. The summed E-state index contributed by atoms with van der Waals surface area (Å²) in [5, 5.41) is 5.94. The van der Waals surface area contributed by atoms with Gasteiger partial charge < -0.3 is 25.2 Å². The summed E-state index contributed by atoms with van der Waals surface area (Å²) in [5.41, 5.74) is 2.64. The van der Waals surface area contributed by atoms with Gasteiger partial charge in [0, 0.05) is 44.5 Å². The van der Waals surface area contributed by atoms with Crippen molar-refractivity contribution in [2.24, 2.45) is 0 Å². The summed E-state index contributed by atoms with van der Waals surface area (Å²) in [5.74, 6) is 0.401. The number of benzene rings is 2. The van der Waals surface area contributed by atoms with Crippen LogP contribution in [-0.4, -0.2) is 53.4 Å². The van der Waals surface area contributed by atoms with Crippen LogP contribution in [0.15, 0.2) is 48.8 Å². The van der Waals surface area contributed by atoms with Gasteiger partial charge in [0.15, 0.2) is 5.75 Å². The van der Waals surface area contributed by atoms with Gasteiger partial charge in [-0.1, -0.05) is 18.2 Å². The van der Waals surface area contributed by atoms with E-state index in [-0.39, 0.29) is 11.7 Å². The molecule has 0 radical (unpaired) electrons. The summed E-state index contributed by atoms with van der Waals surface area (Å²) >= 11 is 0. The molecule has 1 aliphatic heterocycles. The van der Waals surface area contributed by atoms with E-state index in [1.54, 1.807) is 18.2 Å². The zero-order valence-electron chi connectivity index (χ0n) is 19.1. The third kappa shape index (κ3) is 6.08. The van der Waals surface area contributed by atoms with Gasteiger partial charge in [0.25, 0.3) is 0 Å². The number of anilines is 5. The fraction of sp³-hybridized carbons (Fsp3) is 0.304. The van der Waals surface area contributed by atoms with E-state index in [4.69, 9.17) is 0 Å². The SMILES string of the molecule is CC(=O)Nc1cccc(Nc2ncnc(N3CCN(c4ccccc4OC(F)(F)F)CC3)n2)c1C. The van der Waals surface area contributed by atoms with Crippen LogP contribution in [0, 0.1) is 6.92 Å². The molecule has 1 aliphatic rings. The molecule has 0 unspecified atom stereocenters. The Morgan fingerprint density at radius 2 is 1.66 bits per heavy atom. The van der Waals surface area contributed by atoms with E-state index in [0.717, 1.165) is 11.3 Å². The predicted octanol–water partition coefficient (Wildman–Crippen LogP) is 4.11. The molecule has 4 rings (SSSR count). The number of halogens is 3. The zero-order valence-corrected chi connectivity index (χ0v) is 19.1. The van der Waals surface area contributed by atoms with E-state index in [1.165, 1.54) is 25.4 Å². The summed E-state index contributed by atoms with van der Waals surface area (Å²) in [7, 11) is 0. The minimum Gasteiger partial charge on any atom is -0.404 e. The maximum Gasteiger partial charge on any atom is 0.573 e. The quantitative estimate of drug-likeness (QED) is 0.537. The number of carbonyl (C=O) groups is 1. The molecule has 0 saturated carbocycles. The second kappa shape index (κ2) is 10.0. The van der Waals surface area contributed by atoms with Crippen molar-refractivity contribution in [3.63, 3.8) is 0 Å². The van der Waals surface area contributed by atoms with Crippen LogP contribution in [0.5, 0.6) is 5.75 Å². The average Bonchev–Trinajstić information content (AvgIpc) is 2.81. The first kappa shape index (κ1) is 24.0. The standard InChI is InChI=1S/C23H24F3N7O2/c1-15-17(29-16(2)34)6-5-7-18(15)30-21-27-14-28-22(31-21)33-12-10-32(11-13-33)19-8-3-4-9-20(19)35-23(24,25)26/h3-9,14H,10-13H2,1-2H3,(H,29,34)(H,27,28,30,31). The van der Waals surface area contributed by atoms with Crippen molar-refractivity contribution in [3.05, 3.63) is 54.4 Å². The molecular weight excluding hydrogens is 463 g/mol. The molecule has 2 N–H and O–H groups in total. The molecule has 1 fully saturated rings. The minimum absolute atomic E-state index is 0.167. The normalized spacial score (nSPS) is 14.0. The maximum atomic E-state index is 12.8. The van der Waals surface area contributed by atoms with Gasteiger partial charge in [0.05, 0.1) is 5.69 Å². The van der Waals surface area contributed by atoms with E-state index in [2.05, 4.69) is 30.3 Å². The summed E-state index contributed by atoms with van der Waals surface area (Å²) in [6.07, 6.45) is -3.36. The molecule has 0 bridgehead atoms. The first-order chi connectivity index (χ1) is 16.7. The lowest BCUT2D eigenvalue weighted by Crippen LogP contribution is -2.47. The third-order valence-corrected chi connectivity index (χ3v) is 5.44. The minimum atomic E-state index is -4.76. The first-order valence-electron chi connectivity index (χ1n) is 10.9. The number of para-hydroxylation sites is 2. The van der Waals surface area contributed by atoms with Gasteiger partial charge in [0.1, 0.15) is 6.33 Å². The van der Waals surface area contributed by atoms with Gasteiger partial charge >= 0.3 is 6.36 Å². The van der Waals surface area contributed by atoms with Gasteiger partial charge in [-0.3, -0.25) is 4.79 Å². The molecule has 2 aromatic carbocycles. The van der Waals surface area contributed by atoms with Crippen LogP contribution >= 0.6 is 0 Å². The molecule has 1 amide bonds. The van der Waals surface area contributed by atoms with E-state index in [9.17, 15) is 18.0 Å². The van der Waals surface area contributed by atoms with Gasteiger partial charge in [-0.25, -0.2) is 9.97 Å². The molecule has 12 heteroatoms. The van der Waals surface area contributed by atoms with E-state index in [0.29, 0.717) is 49.5 Å². The molecular formula is C23H24F3N7O2. The monoisotopic (exact) mass is 487 g/mol. The lowest BCUT2D eigenvalue weighted by molar-refractivity contribution is -0.274. The summed E-state index contributed by atoms with van der Waals surface area (Å²) < 4.78 is 42.5. The lowest BCUT2D eigenvalue weighted by atomic mass is 10.1. The van der Waals surface area contributed by atoms with Gasteiger partial charge in [0.2, 0.25) is 17.8 Å². The number of hydrogen-bond donors (Lipinski definition) is 2. The Morgan fingerprint density at radius 1 is 0.971 bits per heavy atom. The first-order valence-corrected chi connectivity index (χ1v) is 10.9. The number of amides is 1. The van der Waals surface area contributed by atoms with Crippen LogP contribution in [0.1, 0.15) is 12.5 Å². The van der Waals surface area contributed by atoms with Crippen molar-refractivity contribution in [2.75, 3.05) is 46.6 Å². The molecule has 1 saturated heterocycles. The van der Waals surface area contributed by atoms with Crippen molar-refractivity contribution < 1.29 is 22.7 Å². The fourth-order valence-electron chi connectivity index (χ4n) is 3.79. The molecule has 0 spiro atoms. The summed E-state index contributed by atoms with van der Waals surface area (Å²) in [6, 6.07) is 11.6. The fourth-order valence-corrected chi connectivity index (χ4v) is 3.79. The average molecular weight is 487 g/mol. The molecule has 1 aromatic heterocycles. The lowest BCUT2D eigenvalue weighted by Gasteiger charge is -2.36. The van der Waals surface area contributed by atoms with E-state index >= 15 is 0 Å². The van der Waals surface area contributed by atoms with Crippen LogP contribution in [-0.2, 0) is 4.79 Å². The molecule has 3 aromatic rings. The maximum absolute atomic E-state index is 12.8.